The molecule has 0 fully saturated rings. The number of nitriles is 1. The molecule has 2 aromatic heterocycles. The van der Waals surface area contributed by atoms with Crippen LogP contribution >= 0.6 is 0 Å². The van der Waals surface area contributed by atoms with Crippen LogP contribution in [-0.4, -0.2) is 9.38 Å². The predicted octanol–water partition coefficient (Wildman–Crippen LogP) is 1.82. The molecule has 0 bridgehead atoms. The number of hydrogen-bond donors (Lipinski definition) is 0. The zero-order valence-corrected chi connectivity index (χ0v) is 7.57. The van der Waals surface area contributed by atoms with Crippen LogP contribution in [0.3, 0.4) is 0 Å². The number of aromatic nitrogens is 2. The smallest absolute Gasteiger partial charge is 0.144 e. The second kappa shape index (κ2) is 2.60. The van der Waals surface area contributed by atoms with Gasteiger partial charge in [-0.2, -0.15) is 5.26 Å². The molecule has 2 aromatic rings. The van der Waals surface area contributed by atoms with Crippen LogP contribution in [0, 0.1) is 25.2 Å². The highest BCUT2D eigenvalue weighted by Gasteiger charge is 2.04. The van der Waals surface area contributed by atoms with Gasteiger partial charge in [0.25, 0.3) is 0 Å². The molecule has 0 radical (unpaired) electrons. The number of imidazole rings is 1. The van der Waals surface area contributed by atoms with Gasteiger partial charge in [-0.25, -0.2) is 4.98 Å². The third-order valence-corrected chi connectivity index (χ3v) is 2.05. The van der Waals surface area contributed by atoms with Crippen molar-refractivity contribution in [1.82, 2.24) is 9.38 Å². The molecule has 0 saturated heterocycles. The first-order valence-corrected chi connectivity index (χ1v) is 4.07. The Morgan fingerprint density at radius 3 is 2.85 bits per heavy atom. The maximum absolute atomic E-state index is 8.81. The summed E-state index contributed by atoms with van der Waals surface area (Å²) in [7, 11) is 0. The van der Waals surface area contributed by atoms with E-state index in [1.54, 1.807) is 6.20 Å². The Labute approximate surface area is 76.3 Å². The number of nitrogens with zero attached hydrogens (tertiary/aromatic N) is 3. The molecule has 2 heterocycles. The summed E-state index contributed by atoms with van der Waals surface area (Å²) < 4.78 is 1.85. The van der Waals surface area contributed by atoms with Crippen LogP contribution in [0.2, 0.25) is 0 Å². The van der Waals surface area contributed by atoms with Gasteiger partial charge in [-0.15, -0.1) is 0 Å². The molecule has 3 nitrogen and oxygen atoms in total. The minimum absolute atomic E-state index is 0.590. The maximum Gasteiger partial charge on any atom is 0.144 e. The Kier molecular flexibility index (Phi) is 1.56. The molecule has 0 aliphatic rings. The Morgan fingerprint density at radius 1 is 1.38 bits per heavy atom. The van der Waals surface area contributed by atoms with Gasteiger partial charge in [-0.05, 0) is 31.5 Å². The van der Waals surface area contributed by atoms with Crippen LogP contribution in [0.25, 0.3) is 5.65 Å². The van der Waals surface area contributed by atoms with Crippen molar-refractivity contribution in [2.24, 2.45) is 0 Å². The van der Waals surface area contributed by atoms with Crippen LogP contribution in [0.5, 0.6) is 0 Å². The molecular weight excluding hydrogens is 162 g/mol. The van der Waals surface area contributed by atoms with E-state index in [9.17, 15) is 0 Å². The summed E-state index contributed by atoms with van der Waals surface area (Å²) in [5, 5.41) is 8.81. The average molecular weight is 171 g/mol. The first-order chi connectivity index (χ1) is 6.22. The van der Waals surface area contributed by atoms with Crippen molar-refractivity contribution in [3.63, 3.8) is 0 Å². The summed E-state index contributed by atoms with van der Waals surface area (Å²) in [4.78, 5) is 4.15. The minimum atomic E-state index is 0.590. The van der Waals surface area contributed by atoms with Gasteiger partial charge >= 0.3 is 0 Å². The van der Waals surface area contributed by atoms with E-state index in [1.165, 1.54) is 5.56 Å². The predicted molar refractivity (Wildman–Crippen MR) is 49.4 cm³/mol. The average Bonchev–Trinajstić information content (AvgIpc) is 2.47. The molecule has 2 rings (SSSR count). The van der Waals surface area contributed by atoms with Gasteiger partial charge in [0, 0.05) is 5.69 Å². The maximum atomic E-state index is 8.81. The highest BCUT2D eigenvalue weighted by Crippen LogP contribution is 2.12. The Balaban J connectivity index is 2.92. The van der Waals surface area contributed by atoms with Crippen LogP contribution in [0.4, 0.5) is 0 Å². The van der Waals surface area contributed by atoms with Crippen molar-refractivity contribution in [3.8, 4) is 6.07 Å². The third-order valence-electron chi connectivity index (χ3n) is 2.05. The number of hydrogen-bond acceptors (Lipinski definition) is 2. The molecule has 0 N–H and O–H groups in total. The van der Waals surface area contributed by atoms with Crippen molar-refractivity contribution >= 4 is 5.65 Å². The Bertz CT molecular complexity index is 503. The highest BCUT2D eigenvalue weighted by molar-refractivity contribution is 5.47. The lowest BCUT2D eigenvalue weighted by Crippen LogP contribution is -1.94. The Morgan fingerprint density at radius 2 is 2.15 bits per heavy atom. The first kappa shape index (κ1) is 7.81. The van der Waals surface area contributed by atoms with E-state index < -0.39 is 0 Å². The molecule has 0 amide bonds. The topological polar surface area (TPSA) is 41.1 Å². The lowest BCUT2D eigenvalue weighted by Gasteiger charge is -2.01. The van der Waals surface area contributed by atoms with E-state index >= 15 is 0 Å². The van der Waals surface area contributed by atoms with Gasteiger partial charge < -0.3 is 0 Å². The molecule has 0 aliphatic carbocycles. The number of pyridine rings is 1. The van der Waals surface area contributed by atoms with Gasteiger partial charge in [0.15, 0.2) is 0 Å². The van der Waals surface area contributed by atoms with Crippen molar-refractivity contribution < 1.29 is 0 Å². The molecule has 13 heavy (non-hydrogen) atoms. The quantitative estimate of drug-likeness (QED) is 0.606. The summed E-state index contributed by atoms with van der Waals surface area (Å²) in [6, 6.07) is 6.11. The monoisotopic (exact) mass is 171 g/mol. The van der Waals surface area contributed by atoms with Crippen LogP contribution < -0.4 is 0 Å². The van der Waals surface area contributed by atoms with Crippen molar-refractivity contribution in [3.05, 3.63) is 35.3 Å². The van der Waals surface area contributed by atoms with Crippen LogP contribution in [0.1, 0.15) is 17.0 Å². The SMILES string of the molecule is Cc1cc(C)n2c(C#N)cnc2c1. The van der Waals surface area contributed by atoms with Crippen LogP contribution in [0.15, 0.2) is 18.3 Å². The van der Waals surface area contributed by atoms with Gasteiger partial charge in [-0.1, -0.05) is 0 Å². The fraction of sp³-hybridized carbons (Fsp3) is 0.200. The summed E-state index contributed by atoms with van der Waals surface area (Å²) in [5.41, 5.74) is 3.64. The van der Waals surface area contributed by atoms with Gasteiger partial charge in [-0.3, -0.25) is 4.40 Å². The number of rotatable bonds is 0. The zero-order chi connectivity index (χ0) is 9.42. The molecule has 3 heteroatoms. The Hall–Kier alpha value is -1.82. The molecule has 0 aliphatic heterocycles. The first-order valence-electron chi connectivity index (χ1n) is 4.07. The lowest BCUT2D eigenvalue weighted by molar-refractivity contribution is 1.06. The van der Waals surface area contributed by atoms with E-state index in [0.717, 1.165) is 11.3 Å². The minimum Gasteiger partial charge on any atom is -0.288 e. The molecule has 0 atom stereocenters. The van der Waals surface area contributed by atoms with E-state index in [-0.39, 0.29) is 0 Å². The molecular formula is C10H9N3. The van der Waals surface area contributed by atoms with Gasteiger partial charge in [0.05, 0.1) is 6.20 Å². The van der Waals surface area contributed by atoms with E-state index in [0.29, 0.717) is 5.69 Å². The van der Waals surface area contributed by atoms with Gasteiger partial charge in [0.1, 0.15) is 17.4 Å². The summed E-state index contributed by atoms with van der Waals surface area (Å²) in [5.74, 6) is 0. The number of aryl methyl sites for hydroxylation is 2. The second-order valence-corrected chi connectivity index (χ2v) is 3.12. The molecule has 0 saturated carbocycles. The van der Waals surface area contributed by atoms with Crippen molar-refractivity contribution in [2.45, 2.75) is 13.8 Å². The molecule has 0 unspecified atom stereocenters. The summed E-state index contributed by atoms with van der Waals surface area (Å²) >= 11 is 0. The van der Waals surface area contributed by atoms with E-state index in [2.05, 4.69) is 11.1 Å². The molecule has 0 spiro atoms. The summed E-state index contributed by atoms with van der Waals surface area (Å²) in [6.07, 6.45) is 1.60. The van der Waals surface area contributed by atoms with Crippen molar-refractivity contribution in [2.75, 3.05) is 0 Å². The van der Waals surface area contributed by atoms with E-state index in [4.69, 9.17) is 5.26 Å². The zero-order valence-electron chi connectivity index (χ0n) is 7.57. The standard InChI is InChI=1S/C10H9N3/c1-7-3-8(2)13-9(5-11)6-12-10(13)4-7/h3-4,6H,1-2H3. The normalized spacial score (nSPS) is 10.2. The largest absolute Gasteiger partial charge is 0.288 e. The van der Waals surface area contributed by atoms with E-state index in [1.807, 2.05) is 30.4 Å². The van der Waals surface area contributed by atoms with Crippen molar-refractivity contribution in [1.29, 1.82) is 5.26 Å². The van der Waals surface area contributed by atoms with Gasteiger partial charge in [0.2, 0.25) is 0 Å². The summed E-state index contributed by atoms with van der Waals surface area (Å²) in [6.45, 7) is 4.00. The third kappa shape index (κ3) is 1.07. The second-order valence-electron chi connectivity index (χ2n) is 3.12. The molecule has 64 valence electrons. The highest BCUT2D eigenvalue weighted by atomic mass is 15.0. The fourth-order valence-corrected chi connectivity index (χ4v) is 1.56. The van der Waals surface area contributed by atoms with Crippen LogP contribution in [-0.2, 0) is 0 Å². The lowest BCUT2D eigenvalue weighted by atomic mass is 10.2. The number of fused-ring (bicyclic) bond motifs is 1. The fourth-order valence-electron chi connectivity index (χ4n) is 1.56. The molecule has 0 aromatic carbocycles.